The average Bonchev–Trinajstić information content (AvgIpc) is 3.14. The van der Waals surface area contributed by atoms with E-state index in [0.717, 1.165) is 5.39 Å². The lowest BCUT2D eigenvalue weighted by Crippen LogP contribution is -2.22. The van der Waals surface area contributed by atoms with Crippen LogP contribution < -0.4 is 10.9 Å². The number of anilines is 1. The molecule has 3 aromatic heterocycles. The van der Waals surface area contributed by atoms with Crippen molar-refractivity contribution in [2.75, 3.05) is 11.9 Å². The standard InChI is InChI=1S/C20H19ClN6O2/c1-4-22-20-23-10-13-8-15(19(28)27(5-2)18(13)25-20)14-7-6-12(9-16(14)21)17-24-11(3)29-26-17/h6-10H,4-5H2,1-3H3,(H,22,23,25). The molecule has 0 spiro atoms. The summed E-state index contributed by atoms with van der Waals surface area (Å²) in [6.45, 7) is 6.76. The molecular weight excluding hydrogens is 392 g/mol. The predicted octanol–water partition coefficient (Wildman–Crippen LogP) is 3.92. The van der Waals surface area contributed by atoms with Crippen molar-refractivity contribution < 1.29 is 4.52 Å². The molecule has 0 aliphatic carbocycles. The van der Waals surface area contributed by atoms with Gasteiger partial charge < -0.3 is 9.84 Å². The van der Waals surface area contributed by atoms with Crippen LogP contribution in [0.2, 0.25) is 5.02 Å². The fraction of sp³-hybridized carbons (Fsp3) is 0.250. The molecule has 1 aromatic carbocycles. The highest BCUT2D eigenvalue weighted by molar-refractivity contribution is 6.33. The monoisotopic (exact) mass is 410 g/mol. The second kappa shape index (κ2) is 7.63. The molecule has 4 rings (SSSR count). The molecule has 29 heavy (non-hydrogen) atoms. The third-order valence-electron chi connectivity index (χ3n) is 4.52. The van der Waals surface area contributed by atoms with Crippen molar-refractivity contribution >= 4 is 28.6 Å². The minimum absolute atomic E-state index is 0.161. The lowest BCUT2D eigenvalue weighted by atomic mass is 10.0. The van der Waals surface area contributed by atoms with Gasteiger partial charge in [0, 0.05) is 53.3 Å². The first-order valence-electron chi connectivity index (χ1n) is 9.26. The first-order valence-corrected chi connectivity index (χ1v) is 9.64. The zero-order chi connectivity index (χ0) is 20.5. The van der Waals surface area contributed by atoms with E-state index in [4.69, 9.17) is 16.1 Å². The number of nitrogens with zero attached hydrogens (tertiary/aromatic N) is 5. The zero-order valence-corrected chi connectivity index (χ0v) is 17.0. The van der Waals surface area contributed by atoms with Crippen LogP contribution in [0.4, 0.5) is 5.95 Å². The van der Waals surface area contributed by atoms with Gasteiger partial charge in [0.15, 0.2) is 0 Å². The topological polar surface area (TPSA) is 98.7 Å². The summed E-state index contributed by atoms with van der Waals surface area (Å²) in [6.07, 6.45) is 1.71. The number of nitrogens with one attached hydrogen (secondary N) is 1. The van der Waals surface area contributed by atoms with Gasteiger partial charge in [0.05, 0.1) is 0 Å². The first-order chi connectivity index (χ1) is 14.0. The van der Waals surface area contributed by atoms with E-state index in [1.54, 1.807) is 35.9 Å². The Morgan fingerprint density at radius 2 is 2.00 bits per heavy atom. The summed E-state index contributed by atoms with van der Waals surface area (Å²) in [4.78, 5) is 26.2. The molecule has 0 amide bonds. The van der Waals surface area contributed by atoms with Crippen molar-refractivity contribution in [1.29, 1.82) is 0 Å². The van der Waals surface area contributed by atoms with Crippen LogP contribution in [-0.4, -0.2) is 31.2 Å². The van der Waals surface area contributed by atoms with Crippen LogP contribution in [0.3, 0.4) is 0 Å². The molecule has 0 atom stereocenters. The van der Waals surface area contributed by atoms with E-state index in [9.17, 15) is 4.79 Å². The van der Waals surface area contributed by atoms with Crippen LogP contribution in [0.25, 0.3) is 33.5 Å². The molecule has 3 heterocycles. The molecule has 0 aliphatic heterocycles. The van der Waals surface area contributed by atoms with Crippen molar-refractivity contribution in [1.82, 2.24) is 24.7 Å². The Kier molecular flexibility index (Phi) is 5.02. The van der Waals surface area contributed by atoms with Crippen molar-refractivity contribution in [3.63, 3.8) is 0 Å². The van der Waals surface area contributed by atoms with Crippen LogP contribution in [0.15, 0.2) is 39.8 Å². The summed E-state index contributed by atoms with van der Waals surface area (Å²) >= 11 is 6.53. The number of rotatable bonds is 5. The van der Waals surface area contributed by atoms with Crippen LogP contribution in [0.5, 0.6) is 0 Å². The maximum Gasteiger partial charge on any atom is 0.260 e. The number of benzene rings is 1. The number of fused-ring (bicyclic) bond motifs is 1. The number of aromatic nitrogens is 5. The average molecular weight is 411 g/mol. The molecular formula is C20H19ClN6O2. The van der Waals surface area contributed by atoms with E-state index in [1.807, 2.05) is 19.9 Å². The van der Waals surface area contributed by atoms with Gasteiger partial charge in [-0.1, -0.05) is 28.9 Å². The lowest BCUT2D eigenvalue weighted by molar-refractivity contribution is 0.394. The van der Waals surface area contributed by atoms with Gasteiger partial charge in [-0.25, -0.2) is 4.98 Å². The lowest BCUT2D eigenvalue weighted by Gasteiger charge is -2.12. The predicted molar refractivity (Wildman–Crippen MR) is 112 cm³/mol. The molecule has 0 aliphatic rings. The van der Waals surface area contributed by atoms with Crippen LogP contribution in [0, 0.1) is 6.92 Å². The summed E-state index contributed by atoms with van der Waals surface area (Å²) in [5.74, 6) is 1.41. The Balaban J connectivity index is 1.86. The van der Waals surface area contributed by atoms with Crippen molar-refractivity contribution in [2.24, 2.45) is 0 Å². The molecule has 0 radical (unpaired) electrons. The molecule has 0 unspecified atom stereocenters. The van der Waals surface area contributed by atoms with Gasteiger partial charge in [-0.15, -0.1) is 0 Å². The van der Waals surface area contributed by atoms with Gasteiger partial charge in [-0.05, 0) is 26.0 Å². The van der Waals surface area contributed by atoms with Crippen LogP contribution >= 0.6 is 11.6 Å². The number of aryl methyl sites for hydroxylation is 2. The molecule has 4 aromatic rings. The summed E-state index contributed by atoms with van der Waals surface area (Å²) in [5, 5.41) is 8.16. The summed E-state index contributed by atoms with van der Waals surface area (Å²) in [6, 6.07) is 7.11. The second-order valence-electron chi connectivity index (χ2n) is 6.44. The molecule has 1 N–H and O–H groups in total. The molecule has 0 fully saturated rings. The van der Waals surface area contributed by atoms with Crippen LogP contribution in [-0.2, 0) is 6.54 Å². The van der Waals surface area contributed by atoms with Crippen LogP contribution in [0.1, 0.15) is 19.7 Å². The van der Waals surface area contributed by atoms with E-state index in [1.165, 1.54) is 0 Å². The summed E-state index contributed by atoms with van der Waals surface area (Å²) in [5.41, 5.74) is 2.25. The molecule has 0 saturated heterocycles. The second-order valence-corrected chi connectivity index (χ2v) is 6.85. The van der Waals surface area contributed by atoms with Crippen molar-refractivity contribution in [3.8, 4) is 22.5 Å². The van der Waals surface area contributed by atoms with Gasteiger partial charge in [0.2, 0.25) is 17.7 Å². The Hall–Kier alpha value is -3.26. The number of halogens is 1. The Bertz CT molecular complexity index is 1260. The highest BCUT2D eigenvalue weighted by Gasteiger charge is 2.16. The third kappa shape index (κ3) is 3.47. The molecule has 0 bridgehead atoms. The minimum Gasteiger partial charge on any atom is -0.354 e. The molecule has 8 nitrogen and oxygen atoms in total. The van der Waals surface area contributed by atoms with E-state index < -0.39 is 0 Å². The molecule has 9 heteroatoms. The summed E-state index contributed by atoms with van der Waals surface area (Å²) in [7, 11) is 0. The maximum atomic E-state index is 13.2. The smallest absolute Gasteiger partial charge is 0.260 e. The SMILES string of the molecule is CCNc1ncc2cc(-c3ccc(-c4noc(C)n4)cc3Cl)c(=O)n(CC)c2n1. The van der Waals surface area contributed by atoms with Gasteiger partial charge in [0.1, 0.15) is 5.65 Å². The van der Waals surface area contributed by atoms with Crippen molar-refractivity contribution in [3.05, 3.63) is 51.7 Å². The van der Waals surface area contributed by atoms with Gasteiger partial charge in [-0.3, -0.25) is 9.36 Å². The fourth-order valence-corrected chi connectivity index (χ4v) is 3.46. The molecule has 148 valence electrons. The van der Waals surface area contributed by atoms with Gasteiger partial charge >= 0.3 is 0 Å². The Morgan fingerprint density at radius 1 is 1.17 bits per heavy atom. The van der Waals surface area contributed by atoms with E-state index in [2.05, 4.69) is 25.4 Å². The summed E-state index contributed by atoms with van der Waals surface area (Å²) < 4.78 is 6.65. The highest BCUT2D eigenvalue weighted by Crippen LogP contribution is 2.31. The third-order valence-corrected chi connectivity index (χ3v) is 4.84. The Morgan fingerprint density at radius 3 is 2.66 bits per heavy atom. The zero-order valence-electron chi connectivity index (χ0n) is 16.2. The minimum atomic E-state index is -0.161. The fourth-order valence-electron chi connectivity index (χ4n) is 3.18. The number of hydrogen-bond donors (Lipinski definition) is 1. The molecule has 0 saturated carbocycles. The van der Waals surface area contributed by atoms with Gasteiger partial charge in [-0.2, -0.15) is 9.97 Å². The number of pyridine rings is 1. The van der Waals surface area contributed by atoms with E-state index in [0.29, 0.717) is 58.1 Å². The van der Waals surface area contributed by atoms with Gasteiger partial charge in [0.25, 0.3) is 5.56 Å². The first kappa shape index (κ1) is 19.1. The Labute approximate surface area is 171 Å². The maximum absolute atomic E-state index is 13.2. The largest absolute Gasteiger partial charge is 0.354 e. The van der Waals surface area contributed by atoms with E-state index in [-0.39, 0.29) is 5.56 Å². The highest BCUT2D eigenvalue weighted by atomic mass is 35.5. The quantitative estimate of drug-likeness (QED) is 0.532. The normalized spacial score (nSPS) is 11.2. The van der Waals surface area contributed by atoms with E-state index >= 15 is 0 Å². The number of hydrogen-bond acceptors (Lipinski definition) is 7. The van der Waals surface area contributed by atoms with Crippen molar-refractivity contribution in [2.45, 2.75) is 27.3 Å².